The molecule has 0 unspecified atom stereocenters. The van der Waals surface area contributed by atoms with E-state index in [1.165, 1.54) is 7.05 Å². The van der Waals surface area contributed by atoms with Gasteiger partial charge in [0.2, 0.25) is 0 Å². The molecule has 0 saturated heterocycles. The molecule has 14 heavy (non-hydrogen) atoms. The lowest BCUT2D eigenvalue weighted by molar-refractivity contribution is -0.132. The summed E-state index contributed by atoms with van der Waals surface area (Å²) in [5, 5.41) is 0.999. The Bertz CT molecular complexity index is 311. The number of nitrogens with zero attached hydrogens (tertiary/aromatic N) is 1. The van der Waals surface area contributed by atoms with Gasteiger partial charge < -0.3 is 4.74 Å². The topological polar surface area (TPSA) is 55.6 Å². The highest BCUT2D eigenvalue weighted by Gasteiger charge is 2.04. The minimum atomic E-state index is -0.270. The van der Waals surface area contributed by atoms with Crippen LogP contribution in [0, 0.1) is 0 Å². The summed E-state index contributed by atoms with van der Waals surface area (Å²) in [6.07, 6.45) is 0. The summed E-state index contributed by atoms with van der Waals surface area (Å²) in [6, 6.07) is 7.22. The molecule has 0 aliphatic rings. The second-order valence-electron chi connectivity index (χ2n) is 2.75. The molecule has 2 N–H and O–H groups in total. The maximum absolute atomic E-state index is 11.0. The Morgan fingerprint density at radius 3 is 2.57 bits per heavy atom. The first-order valence-electron chi connectivity index (χ1n) is 3.99. The molecule has 1 amide bonds. The van der Waals surface area contributed by atoms with Crippen LogP contribution in [-0.4, -0.2) is 24.6 Å². The molecule has 4 nitrogen and oxygen atoms in total. The number of hydrogen-bond donors (Lipinski definition) is 1. The van der Waals surface area contributed by atoms with Gasteiger partial charge in [-0.3, -0.25) is 9.80 Å². The van der Waals surface area contributed by atoms with Crippen LogP contribution in [0.1, 0.15) is 0 Å². The van der Waals surface area contributed by atoms with Crippen LogP contribution in [0.15, 0.2) is 28.7 Å². The van der Waals surface area contributed by atoms with E-state index in [0.717, 1.165) is 9.48 Å². The third kappa shape index (κ3) is 3.35. The van der Waals surface area contributed by atoms with Crippen LogP contribution in [0.4, 0.5) is 0 Å². The lowest BCUT2D eigenvalue weighted by atomic mass is 10.3. The Balaban J connectivity index is 2.46. The van der Waals surface area contributed by atoms with Crippen molar-refractivity contribution in [1.82, 2.24) is 5.01 Å². The minimum absolute atomic E-state index is 0.0470. The fourth-order valence-corrected chi connectivity index (χ4v) is 1.04. The van der Waals surface area contributed by atoms with Crippen molar-refractivity contribution in [2.45, 2.75) is 0 Å². The highest BCUT2D eigenvalue weighted by Crippen LogP contribution is 2.15. The van der Waals surface area contributed by atoms with Crippen molar-refractivity contribution in [2.75, 3.05) is 13.7 Å². The molecule has 0 spiro atoms. The molecule has 1 aromatic rings. The normalized spacial score (nSPS) is 9.64. The quantitative estimate of drug-likeness (QED) is 0.503. The highest BCUT2D eigenvalue weighted by molar-refractivity contribution is 9.10. The van der Waals surface area contributed by atoms with Gasteiger partial charge in [-0.2, -0.15) is 0 Å². The van der Waals surface area contributed by atoms with Crippen molar-refractivity contribution < 1.29 is 9.53 Å². The number of nitrogens with two attached hydrogens (primary N) is 1. The molecule has 0 bridgehead atoms. The summed E-state index contributed by atoms with van der Waals surface area (Å²) in [6.45, 7) is -0.0470. The molecule has 0 heterocycles. The summed E-state index contributed by atoms with van der Waals surface area (Å²) >= 11 is 3.30. The molecule has 1 aromatic carbocycles. The van der Waals surface area contributed by atoms with Crippen molar-refractivity contribution in [1.29, 1.82) is 0 Å². The summed E-state index contributed by atoms with van der Waals surface area (Å²) in [5.74, 6) is 5.59. The second-order valence-corrected chi connectivity index (χ2v) is 3.66. The predicted octanol–water partition coefficient (Wildman–Crippen LogP) is 1.16. The van der Waals surface area contributed by atoms with Crippen LogP contribution >= 0.6 is 15.9 Å². The first-order chi connectivity index (χ1) is 6.59. The fraction of sp³-hybridized carbons (Fsp3) is 0.222. The Hall–Kier alpha value is -1.07. The van der Waals surface area contributed by atoms with Gasteiger partial charge in [0.25, 0.3) is 5.91 Å². The van der Waals surface area contributed by atoms with E-state index in [1.54, 1.807) is 12.1 Å². The van der Waals surface area contributed by atoms with Crippen molar-refractivity contribution in [2.24, 2.45) is 5.84 Å². The van der Waals surface area contributed by atoms with Crippen LogP contribution in [0.3, 0.4) is 0 Å². The van der Waals surface area contributed by atoms with E-state index in [0.29, 0.717) is 5.75 Å². The number of carbonyl (C=O) groups excluding carboxylic acids is 1. The molecule has 0 aliphatic heterocycles. The number of amides is 1. The first-order valence-corrected chi connectivity index (χ1v) is 4.78. The van der Waals surface area contributed by atoms with Crippen LogP contribution in [0.2, 0.25) is 0 Å². The van der Waals surface area contributed by atoms with E-state index in [4.69, 9.17) is 10.6 Å². The lowest BCUT2D eigenvalue weighted by Crippen LogP contribution is -2.36. The Morgan fingerprint density at radius 2 is 2.07 bits per heavy atom. The van der Waals surface area contributed by atoms with Gasteiger partial charge >= 0.3 is 0 Å². The van der Waals surface area contributed by atoms with E-state index in [1.807, 2.05) is 12.1 Å². The minimum Gasteiger partial charge on any atom is -0.484 e. The number of benzene rings is 1. The molecule has 0 aromatic heterocycles. The van der Waals surface area contributed by atoms with Crippen LogP contribution in [0.25, 0.3) is 0 Å². The summed E-state index contributed by atoms with van der Waals surface area (Å²) in [5.41, 5.74) is 0. The van der Waals surface area contributed by atoms with Gasteiger partial charge in [-0.25, -0.2) is 5.84 Å². The standard InChI is InChI=1S/C9H11BrN2O2/c1-12(11)9(13)6-14-8-4-2-7(10)3-5-8/h2-5H,6,11H2,1H3. The summed E-state index contributed by atoms with van der Waals surface area (Å²) in [7, 11) is 1.48. The van der Waals surface area contributed by atoms with Crippen LogP contribution < -0.4 is 10.6 Å². The van der Waals surface area contributed by atoms with E-state index < -0.39 is 0 Å². The van der Waals surface area contributed by atoms with E-state index in [-0.39, 0.29) is 12.5 Å². The average Bonchev–Trinajstić information content (AvgIpc) is 2.16. The van der Waals surface area contributed by atoms with Crippen molar-refractivity contribution in [3.63, 3.8) is 0 Å². The number of hydrazine groups is 1. The summed E-state index contributed by atoms with van der Waals surface area (Å²) < 4.78 is 6.16. The van der Waals surface area contributed by atoms with Gasteiger partial charge in [-0.15, -0.1) is 0 Å². The highest BCUT2D eigenvalue weighted by atomic mass is 79.9. The first kappa shape index (κ1) is 11.0. The largest absolute Gasteiger partial charge is 0.484 e. The number of hydrogen-bond acceptors (Lipinski definition) is 3. The Labute approximate surface area is 90.7 Å². The number of likely N-dealkylation sites (N-methyl/N-ethyl adjacent to an activating group) is 1. The van der Waals surface area contributed by atoms with E-state index >= 15 is 0 Å². The molecule has 1 rings (SSSR count). The average molecular weight is 259 g/mol. The van der Waals surface area contributed by atoms with Gasteiger partial charge in [0.1, 0.15) is 5.75 Å². The molecule has 76 valence electrons. The molecular formula is C9H11BrN2O2. The number of carbonyl (C=O) groups is 1. The van der Waals surface area contributed by atoms with Gasteiger partial charge in [0.05, 0.1) is 0 Å². The third-order valence-corrected chi connectivity index (χ3v) is 2.10. The molecule has 5 heteroatoms. The van der Waals surface area contributed by atoms with Crippen molar-refractivity contribution in [3.8, 4) is 5.75 Å². The third-order valence-electron chi connectivity index (χ3n) is 1.57. The van der Waals surface area contributed by atoms with Crippen LogP contribution in [0.5, 0.6) is 5.75 Å². The maximum atomic E-state index is 11.0. The molecule has 0 fully saturated rings. The zero-order valence-electron chi connectivity index (χ0n) is 7.74. The van der Waals surface area contributed by atoms with Gasteiger partial charge in [0.15, 0.2) is 6.61 Å². The Kier molecular flexibility index (Phi) is 3.91. The summed E-state index contributed by atoms with van der Waals surface area (Å²) in [4.78, 5) is 11.0. The molecule has 0 saturated carbocycles. The molecular weight excluding hydrogens is 248 g/mol. The second kappa shape index (κ2) is 4.97. The molecule has 0 radical (unpaired) electrons. The van der Waals surface area contributed by atoms with Crippen molar-refractivity contribution >= 4 is 21.8 Å². The van der Waals surface area contributed by atoms with E-state index in [2.05, 4.69) is 15.9 Å². The molecule has 0 atom stereocenters. The monoisotopic (exact) mass is 258 g/mol. The van der Waals surface area contributed by atoms with E-state index in [9.17, 15) is 4.79 Å². The lowest BCUT2D eigenvalue weighted by Gasteiger charge is -2.10. The number of halogens is 1. The zero-order valence-corrected chi connectivity index (χ0v) is 9.32. The van der Waals surface area contributed by atoms with Gasteiger partial charge in [0, 0.05) is 11.5 Å². The number of ether oxygens (including phenoxy) is 1. The number of rotatable bonds is 3. The van der Waals surface area contributed by atoms with Gasteiger partial charge in [-0.1, -0.05) is 15.9 Å². The Morgan fingerprint density at radius 1 is 1.50 bits per heavy atom. The van der Waals surface area contributed by atoms with Crippen molar-refractivity contribution in [3.05, 3.63) is 28.7 Å². The van der Waals surface area contributed by atoms with Gasteiger partial charge in [-0.05, 0) is 24.3 Å². The maximum Gasteiger partial charge on any atom is 0.274 e. The zero-order chi connectivity index (χ0) is 10.6. The SMILES string of the molecule is CN(N)C(=O)COc1ccc(Br)cc1. The molecule has 0 aliphatic carbocycles. The fourth-order valence-electron chi connectivity index (χ4n) is 0.778. The van der Waals surface area contributed by atoms with Crippen LogP contribution in [-0.2, 0) is 4.79 Å². The predicted molar refractivity (Wildman–Crippen MR) is 56.6 cm³/mol. The smallest absolute Gasteiger partial charge is 0.274 e.